The summed E-state index contributed by atoms with van der Waals surface area (Å²) in [6.45, 7) is 5.55. The second-order valence-corrected chi connectivity index (χ2v) is 9.25. The summed E-state index contributed by atoms with van der Waals surface area (Å²) in [6, 6.07) is 7.33. The first-order valence-corrected chi connectivity index (χ1v) is 10.3. The van der Waals surface area contributed by atoms with Crippen LogP contribution in [0.1, 0.15) is 27.2 Å². The summed E-state index contributed by atoms with van der Waals surface area (Å²) in [5.41, 5.74) is 0.437. The van der Waals surface area contributed by atoms with Crippen LogP contribution in [0.15, 0.2) is 44.4 Å². The standard InChI is InChI=1S/C17H18FN3O3S2/c1-4-17(2,3)21-26(22,23)14-9-12(10-25-14)16-19-15(20-24-16)11-6-5-7-13(18)8-11/h5-10,21H,4H2,1-3H3. The highest BCUT2D eigenvalue weighted by atomic mass is 32.2. The molecule has 0 amide bonds. The second-order valence-electron chi connectivity index (χ2n) is 6.43. The van der Waals surface area contributed by atoms with Crippen LogP contribution in [-0.2, 0) is 10.0 Å². The molecule has 0 bridgehead atoms. The van der Waals surface area contributed by atoms with Crippen LogP contribution in [0.5, 0.6) is 0 Å². The van der Waals surface area contributed by atoms with Crippen molar-refractivity contribution in [3.8, 4) is 22.8 Å². The predicted octanol–water partition coefficient (Wildman–Crippen LogP) is 4.07. The smallest absolute Gasteiger partial charge is 0.259 e. The number of thiophene rings is 1. The Balaban J connectivity index is 1.87. The zero-order chi connectivity index (χ0) is 18.9. The van der Waals surface area contributed by atoms with Crippen molar-refractivity contribution in [3.63, 3.8) is 0 Å². The molecule has 0 fully saturated rings. The van der Waals surface area contributed by atoms with Gasteiger partial charge in [-0.05, 0) is 38.5 Å². The lowest BCUT2D eigenvalue weighted by Gasteiger charge is -2.23. The van der Waals surface area contributed by atoms with E-state index in [-0.39, 0.29) is 15.9 Å². The number of hydrogen-bond acceptors (Lipinski definition) is 6. The Bertz CT molecular complexity index is 1030. The normalized spacial score (nSPS) is 12.5. The summed E-state index contributed by atoms with van der Waals surface area (Å²) in [7, 11) is -3.64. The third kappa shape index (κ3) is 4.00. The molecule has 26 heavy (non-hydrogen) atoms. The molecule has 0 saturated carbocycles. The molecule has 0 saturated heterocycles. The minimum Gasteiger partial charge on any atom is -0.334 e. The summed E-state index contributed by atoms with van der Waals surface area (Å²) in [4.78, 5) is 4.22. The summed E-state index contributed by atoms with van der Waals surface area (Å²) in [5.74, 6) is 0.0134. The highest BCUT2D eigenvalue weighted by molar-refractivity contribution is 7.91. The van der Waals surface area contributed by atoms with E-state index < -0.39 is 21.4 Å². The zero-order valence-corrected chi connectivity index (χ0v) is 16.1. The molecule has 3 rings (SSSR count). The van der Waals surface area contributed by atoms with E-state index >= 15 is 0 Å². The average Bonchev–Trinajstić information content (AvgIpc) is 3.23. The van der Waals surface area contributed by atoms with Crippen LogP contribution in [0.4, 0.5) is 4.39 Å². The molecule has 1 aromatic carbocycles. The second kappa shape index (κ2) is 6.90. The van der Waals surface area contributed by atoms with Gasteiger partial charge in [0.05, 0.1) is 5.56 Å². The Morgan fingerprint density at radius 3 is 2.73 bits per heavy atom. The van der Waals surface area contributed by atoms with Gasteiger partial charge < -0.3 is 4.52 Å². The highest BCUT2D eigenvalue weighted by Gasteiger charge is 2.26. The molecule has 3 aromatic rings. The molecular formula is C17H18FN3O3S2. The van der Waals surface area contributed by atoms with Crippen LogP contribution in [0, 0.1) is 5.82 Å². The maximum atomic E-state index is 13.3. The van der Waals surface area contributed by atoms with Gasteiger partial charge in [0.15, 0.2) is 0 Å². The van der Waals surface area contributed by atoms with E-state index in [0.717, 1.165) is 11.3 Å². The van der Waals surface area contributed by atoms with E-state index in [0.29, 0.717) is 17.5 Å². The highest BCUT2D eigenvalue weighted by Crippen LogP contribution is 2.30. The summed E-state index contributed by atoms with van der Waals surface area (Å²) >= 11 is 1.07. The van der Waals surface area contributed by atoms with Crippen LogP contribution in [0.3, 0.4) is 0 Å². The number of halogens is 1. The summed E-state index contributed by atoms with van der Waals surface area (Å²) in [5, 5.41) is 5.47. The maximum absolute atomic E-state index is 13.3. The van der Waals surface area contributed by atoms with Crippen molar-refractivity contribution in [1.82, 2.24) is 14.9 Å². The third-order valence-electron chi connectivity index (χ3n) is 3.89. The average molecular weight is 395 g/mol. The maximum Gasteiger partial charge on any atom is 0.259 e. The lowest BCUT2D eigenvalue weighted by Crippen LogP contribution is -2.42. The molecule has 0 radical (unpaired) electrons. The van der Waals surface area contributed by atoms with E-state index in [1.165, 1.54) is 18.2 Å². The van der Waals surface area contributed by atoms with Crippen LogP contribution in [0.25, 0.3) is 22.8 Å². The molecule has 6 nitrogen and oxygen atoms in total. The van der Waals surface area contributed by atoms with Crippen LogP contribution < -0.4 is 4.72 Å². The van der Waals surface area contributed by atoms with E-state index in [4.69, 9.17) is 4.52 Å². The van der Waals surface area contributed by atoms with Crippen molar-refractivity contribution in [2.75, 3.05) is 0 Å². The monoisotopic (exact) mass is 395 g/mol. The van der Waals surface area contributed by atoms with Crippen LogP contribution in [-0.4, -0.2) is 24.1 Å². The Morgan fingerprint density at radius 1 is 1.27 bits per heavy atom. The molecule has 9 heteroatoms. The summed E-state index contributed by atoms with van der Waals surface area (Å²) < 4.78 is 46.4. The van der Waals surface area contributed by atoms with Gasteiger partial charge in [-0.1, -0.05) is 24.2 Å². The van der Waals surface area contributed by atoms with Gasteiger partial charge in [0.25, 0.3) is 15.9 Å². The molecule has 0 aliphatic heterocycles. The number of hydrogen-bond donors (Lipinski definition) is 1. The van der Waals surface area contributed by atoms with E-state index in [2.05, 4.69) is 14.9 Å². The number of nitrogens with one attached hydrogen (secondary N) is 1. The fourth-order valence-corrected chi connectivity index (χ4v) is 4.78. The van der Waals surface area contributed by atoms with Gasteiger partial charge in [0.1, 0.15) is 10.0 Å². The molecule has 0 atom stereocenters. The molecule has 0 aliphatic carbocycles. The molecule has 138 valence electrons. The van der Waals surface area contributed by atoms with Crippen molar-refractivity contribution in [1.29, 1.82) is 0 Å². The Hall–Kier alpha value is -2.10. The van der Waals surface area contributed by atoms with Crippen LogP contribution in [0.2, 0.25) is 0 Å². The van der Waals surface area contributed by atoms with Crippen molar-refractivity contribution in [2.45, 2.75) is 36.9 Å². The molecule has 2 aromatic heterocycles. The van der Waals surface area contributed by atoms with Crippen molar-refractivity contribution in [3.05, 3.63) is 41.5 Å². The first-order chi connectivity index (χ1) is 12.2. The Labute approximate surface area is 155 Å². The SMILES string of the molecule is CCC(C)(C)NS(=O)(=O)c1cc(-c2nc(-c3cccc(F)c3)no2)cs1. The Morgan fingerprint density at radius 2 is 2.04 bits per heavy atom. The minimum atomic E-state index is -3.64. The summed E-state index contributed by atoms with van der Waals surface area (Å²) in [6.07, 6.45) is 0.658. The van der Waals surface area contributed by atoms with Gasteiger partial charge in [0, 0.05) is 16.5 Å². The number of nitrogens with zero attached hydrogens (tertiary/aromatic N) is 2. The molecule has 2 heterocycles. The van der Waals surface area contributed by atoms with Gasteiger partial charge in [-0.3, -0.25) is 0 Å². The first kappa shape index (κ1) is 18.7. The number of aromatic nitrogens is 2. The fraction of sp³-hybridized carbons (Fsp3) is 0.294. The van der Waals surface area contributed by atoms with Gasteiger partial charge in [0.2, 0.25) is 5.82 Å². The van der Waals surface area contributed by atoms with Gasteiger partial charge in [-0.15, -0.1) is 11.3 Å². The van der Waals surface area contributed by atoms with Crippen molar-refractivity contribution in [2.24, 2.45) is 0 Å². The quantitative estimate of drug-likeness (QED) is 0.680. The van der Waals surface area contributed by atoms with Crippen LogP contribution >= 0.6 is 11.3 Å². The Kier molecular flexibility index (Phi) is 4.96. The molecular weight excluding hydrogens is 377 g/mol. The third-order valence-corrected chi connectivity index (χ3v) is 7.03. The fourth-order valence-electron chi connectivity index (χ4n) is 2.14. The zero-order valence-electron chi connectivity index (χ0n) is 14.5. The van der Waals surface area contributed by atoms with E-state index in [1.807, 2.05) is 20.8 Å². The van der Waals surface area contributed by atoms with E-state index in [1.54, 1.807) is 17.5 Å². The van der Waals surface area contributed by atoms with Crippen molar-refractivity contribution >= 4 is 21.4 Å². The lowest BCUT2D eigenvalue weighted by atomic mass is 10.0. The van der Waals surface area contributed by atoms with Gasteiger partial charge in [-0.25, -0.2) is 17.5 Å². The van der Waals surface area contributed by atoms with Gasteiger partial charge in [-0.2, -0.15) is 4.98 Å². The lowest BCUT2D eigenvalue weighted by molar-refractivity contribution is 0.432. The first-order valence-electron chi connectivity index (χ1n) is 7.93. The van der Waals surface area contributed by atoms with E-state index in [9.17, 15) is 12.8 Å². The number of benzene rings is 1. The topological polar surface area (TPSA) is 85.1 Å². The molecule has 0 unspecified atom stereocenters. The molecule has 0 aliphatic rings. The molecule has 1 N–H and O–H groups in total. The van der Waals surface area contributed by atoms with Crippen molar-refractivity contribution < 1.29 is 17.3 Å². The number of sulfonamides is 1. The molecule has 0 spiro atoms. The number of rotatable bonds is 6. The van der Waals surface area contributed by atoms with Gasteiger partial charge >= 0.3 is 0 Å². The predicted molar refractivity (Wildman–Crippen MR) is 97.7 cm³/mol. The minimum absolute atomic E-state index is 0.166. The largest absolute Gasteiger partial charge is 0.334 e.